The first-order chi connectivity index (χ1) is 8.22. The van der Waals surface area contributed by atoms with Gasteiger partial charge < -0.3 is 14.2 Å². The summed E-state index contributed by atoms with van der Waals surface area (Å²) < 4.78 is 15.4. The molecule has 0 saturated heterocycles. The third-order valence-corrected chi connectivity index (χ3v) is 2.29. The van der Waals surface area contributed by atoms with Crippen LogP contribution in [0.25, 0.3) is 0 Å². The fraction of sp³-hybridized carbons (Fsp3) is 0.462. The zero-order valence-electron chi connectivity index (χ0n) is 10.5. The van der Waals surface area contributed by atoms with Gasteiger partial charge in [-0.2, -0.15) is 0 Å². The Morgan fingerprint density at radius 1 is 1.24 bits per heavy atom. The van der Waals surface area contributed by atoms with Crippen LogP contribution in [0.3, 0.4) is 0 Å². The summed E-state index contributed by atoms with van der Waals surface area (Å²) in [5.74, 6) is 1.08. The highest BCUT2D eigenvalue weighted by Gasteiger charge is 2.13. The van der Waals surface area contributed by atoms with Crippen molar-refractivity contribution in [2.24, 2.45) is 0 Å². The van der Waals surface area contributed by atoms with Crippen molar-refractivity contribution in [1.82, 2.24) is 0 Å². The molecule has 0 saturated carbocycles. The average molecular weight is 238 g/mol. The van der Waals surface area contributed by atoms with Gasteiger partial charge in [-0.05, 0) is 18.6 Å². The maximum Gasteiger partial charge on any atom is 0.192 e. The van der Waals surface area contributed by atoms with E-state index in [4.69, 9.17) is 14.2 Å². The van der Waals surface area contributed by atoms with Crippen molar-refractivity contribution in [2.45, 2.75) is 13.3 Å². The van der Waals surface area contributed by atoms with Crippen LogP contribution in [0, 0.1) is 0 Å². The van der Waals surface area contributed by atoms with Crippen molar-refractivity contribution in [2.75, 3.05) is 27.4 Å². The monoisotopic (exact) mass is 238 g/mol. The molecule has 0 aromatic heterocycles. The van der Waals surface area contributed by atoms with E-state index >= 15 is 0 Å². The number of carbonyl (C=O) groups is 1. The highest BCUT2D eigenvalue weighted by atomic mass is 16.5. The third-order valence-electron chi connectivity index (χ3n) is 2.29. The lowest BCUT2D eigenvalue weighted by Crippen LogP contribution is -2.11. The predicted molar refractivity (Wildman–Crippen MR) is 65.0 cm³/mol. The molecule has 4 nitrogen and oxygen atoms in total. The van der Waals surface area contributed by atoms with Crippen molar-refractivity contribution in [1.29, 1.82) is 0 Å². The minimum Gasteiger partial charge on any atom is -0.497 e. The Bertz CT molecular complexity index is 374. The number of ether oxygens (including phenoxy) is 3. The second-order valence-corrected chi connectivity index (χ2v) is 3.54. The molecule has 94 valence electrons. The molecular formula is C13H18O4. The predicted octanol–water partition coefficient (Wildman–Crippen LogP) is 2.31. The van der Waals surface area contributed by atoms with Gasteiger partial charge in [-0.3, -0.25) is 4.79 Å². The highest BCUT2D eigenvalue weighted by molar-refractivity contribution is 5.99. The minimum atomic E-state index is -0.0852. The van der Waals surface area contributed by atoms with E-state index in [1.807, 2.05) is 6.92 Å². The van der Waals surface area contributed by atoms with E-state index < -0.39 is 0 Å². The SMILES string of the molecule is CCCOCC(=O)c1ccc(OC)cc1OC. The Balaban J connectivity index is 2.78. The van der Waals surface area contributed by atoms with E-state index in [-0.39, 0.29) is 12.4 Å². The van der Waals surface area contributed by atoms with Crippen molar-refractivity contribution in [3.63, 3.8) is 0 Å². The maximum atomic E-state index is 11.9. The molecule has 0 bridgehead atoms. The first-order valence-electron chi connectivity index (χ1n) is 5.55. The molecule has 0 aliphatic heterocycles. The van der Waals surface area contributed by atoms with Crippen molar-refractivity contribution in [3.8, 4) is 11.5 Å². The van der Waals surface area contributed by atoms with Gasteiger partial charge in [0.05, 0.1) is 19.8 Å². The summed E-state index contributed by atoms with van der Waals surface area (Å²) in [7, 11) is 3.10. The molecule has 0 aliphatic carbocycles. The standard InChI is InChI=1S/C13H18O4/c1-4-7-17-9-12(14)11-6-5-10(15-2)8-13(11)16-3/h5-6,8H,4,7,9H2,1-3H3. The topological polar surface area (TPSA) is 44.8 Å². The molecule has 0 unspecified atom stereocenters. The molecule has 0 atom stereocenters. The van der Waals surface area contributed by atoms with Crippen molar-refractivity contribution < 1.29 is 19.0 Å². The second-order valence-electron chi connectivity index (χ2n) is 3.54. The summed E-state index contributed by atoms with van der Waals surface area (Å²) >= 11 is 0. The highest BCUT2D eigenvalue weighted by Crippen LogP contribution is 2.24. The molecule has 1 rings (SSSR count). The van der Waals surface area contributed by atoms with Crippen molar-refractivity contribution in [3.05, 3.63) is 23.8 Å². The molecule has 0 radical (unpaired) electrons. The first kappa shape index (κ1) is 13.5. The zero-order chi connectivity index (χ0) is 12.7. The van der Waals surface area contributed by atoms with Gasteiger partial charge in [0.25, 0.3) is 0 Å². The van der Waals surface area contributed by atoms with Crippen molar-refractivity contribution >= 4 is 5.78 Å². The van der Waals surface area contributed by atoms with Crippen LogP contribution in [0.4, 0.5) is 0 Å². The fourth-order valence-electron chi connectivity index (χ4n) is 1.42. The summed E-state index contributed by atoms with van der Waals surface area (Å²) in [6.07, 6.45) is 0.896. The van der Waals surface area contributed by atoms with Crippen LogP contribution < -0.4 is 9.47 Å². The molecule has 0 heterocycles. The largest absolute Gasteiger partial charge is 0.497 e. The molecule has 0 amide bonds. The van der Waals surface area contributed by atoms with Gasteiger partial charge in [-0.1, -0.05) is 6.92 Å². The minimum absolute atomic E-state index is 0.0799. The molecule has 0 aliphatic rings. The number of hydrogen-bond donors (Lipinski definition) is 0. The number of benzene rings is 1. The quantitative estimate of drug-likeness (QED) is 0.540. The smallest absolute Gasteiger partial charge is 0.192 e. The molecule has 0 spiro atoms. The number of hydrogen-bond acceptors (Lipinski definition) is 4. The lowest BCUT2D eigenvalue weighted by Gasteiger charge is -2.09. The molecular weight excluding hydrogens is 220 g/mol. The number of methoxy groups -OCH3 is 2. The van der Waals surface area contributed by atoms with Crippen LogP contribution >= 0.6 is 0 Å². The Labute approximate surface area is 101 Å². The van der Waals surface area contributed by atoms with Gasteiger partial charge in [0.2, 0.25) is 0 Å². The molecule has 4 heteroatoms. The van der Waals surface area contributed by atoms with E-state index in [9.17, 15) is 4.79 Å². The first-order valence-corrected chi connectivity index (χ1v) is 5.55. The number of ketones is 1. The lowest BCUT2D eigenvalue weighted by molar-refractivity contribution is 0.0758. The van der Waals surface area contributed by atoms with Gasteiger partial charge >= 0.3 is 0 Å². The average Bonchev–Trinajstić information content (AvgIpc) is 2.38. The fourth-order valence-corrected chi connectivity index (χ4v) is 1.42. The summed E-state index contributed by atoms with van der Waals surface area (Å²) in [5, 5.41) is 0. The Morgan fingerprint density at radius 2 is 2.00 bits per heavy atom. The number of Topliss-reactive ketones (excluding diaryl/α,β-unsaturated/α-hetero) is 1. The van der Waals surface area contributed by atoms with E-state index in [0.717, 1.165) is 6.42 Å². The van der Waals surface area contributed by atoms with E-state index in [2.05, 4.69) is 0 Å². The lowest BCUT2D eigenvalue weighted by atomic mass is 10.1. The van der Waals surface area contributed by atoms with E-state index in [1.54, 1.807) is 25.3 Å². The zero-order valence-corrected chi connectivity index (χ0v) is 10.5. The maximum absolute atomic E-state index is 11.9. The van der Waals surface area contributed by atoms with Crippen LogP contribution in [-0.4, -0.2) is 33.2 Å². The Kier molecular flexibility index (Phi) is 5.49. The Morgan fingerprint density at radius 3 is 2.59 bits per heavy atom. The van der Waals surface area contributed by atoms with E-state index in [0.29, 0.717) is 23.7 Å². The molecule has 1 aromatic carbocycles. The summed E-state index contributed by atoms with van der Waals surface area (Å²) in [5.41, 5.74) is 0.518. The van der Waals surface area contributed by atoms with Gasteiger partial charge in [0.15, 0.2) is 5.78 Å². The van der Waals surface area contributed by atoms with Gasteiger partial charge in [0, 0.05) is 12.7 Å². The Hall–Kier alpha value is -1.55. The van der Waals surface area contributed by atoms with Crippen LogP contribution in [0.15, 0.2) is 18.2 Å². The van der Waals surface area contributed by atoms with Gasteiger partial charge in [-0.15, -0.1) is 0 Å². The molecule has 0 N–H and O–H groups in total. The van der Waals surface area contributed by atoms with Crippen LogP contribution in [-0.2, 0) is 4.74 Å². The van der Waals surface area contributed by atoms with Crippen LogP contribution in [0.5, 0.6) is 11.5 Å². The van der Waals surface area contributed by atoms with E-state index in [1.165, 1.54) is 7.11 Å². The van der Waals surface area contributed by atoms with Gasteiger partial charge in [-0.25, -0.2) is 0 Å². The molecule has 0 fully saturated rings. The van der Waals surface area contributed by atoms with Gasteiger partial charge in [0.1, 0.15) is 18.1 Å². The summed E-state index contributed by atoms with van der Waals surface area (Å²) in [6, 6.07) is 5.11. The third kappa shape index (κ3) is 3.75. The summed E-state index contributed by atoms with van der Waals surface area (Å²) in [6.45, 7) is 2.67. The second kappa shape index (κ2) is 6.91. The van der Waals surface area contributed by atoms with Crippen LogP contribution in [0.2, 0.25) is 0 Å². The number of rotatable bonds is 7. The normalized spacial score (nSPS) is 10.1. The molecule has 1 aromatic rings. The summed E-state index contributed by atoms with van der Waals surface area (Å²) in [4.78, 5) is 11.9. The molecule has 17 heavy (non-hydrogen) atoms. The number of carbonyl (C=O) groups excluding carboxylic acids is 1. The van der Waals surface area contributed by atoms with Crippen LogP contribution in [0.1, 0.15) is 23.7 Å².